The standard InChI is InChI=1S/C16H13BF2O2S/c17-8-9-3-1-2-4-10(9)14-13(15(20)21)11-7-16(18,19)6-5-12(11)22-14/h1-4H,5-8H2,(H,20,21). The van der Waals surface area contributed by atoms with Gasteiger partial charge in [0, 0.05) is 22.6 Å². The number of aryl methyl sites for hydroxylation is 1. The van der Waals surface area contributed by atoms with Gasteiger partial charge < -0.3 is 5.11 Å². The fraction of sp³-hybridized carbons (Fsp3) is 0.312. The number of benzene rings is 1. The van der Waals surface area contributed by atoms with Gasteiger partial charge in [-0.1, -0.05) is 30.6 Å². The highest BCUT2D eigenvalue weighted by Gasteiger charge is 2.39. The summed E-state index contributed by atoms with van der Waals surface area (Å²) in [5.74, 6) is -3.99. The van der Waals surface area contributed by atoms with E-state index in [0.29, 0.717) is 4.88 Å². The topological polar surface area (TPSA) is 37.3 Å². The number of fused-ring (bicyclic) bond motifs is 1. The third-order valence-electron chi connectivity index (χ3n) is 3.94. The van der Waals surface area contributed by atoms with Crippen LogP contribution in [0.2, 0.25) is 0 Å². The Balaban J connectivity index is 2.21. The fourth-order valence-corrected chi connectivity index (χ4v) is 4.25. The number of halogens is 2. The van der Waals surface area contributed by atoms with Gasteiger partial charge in [0.25, 0.3) is 5.92 Å². The van der Waals surface area contributed by atoms with Crippen molar-refractivity contribution < 1.29 is 18.7 Å². The molecule has 0 unspecified atom stereocenters. The average molecular weight is 318 g/mol. The highest BCUT2D eigenvalue weighted by atomic mass is 32.1. The Morgan fingerprint density at radius 1 is 1.36 bits per heavy atom. The lowest BCUT2D eigenvalue weighted by atomic mass is 9.88. The van der Waals surface area contributed by atoms with Crippen molar-refractivity contribution in [3.8, 4) is 10.4 Å². The number of hydrogen-bond acceptors (Lipinski definition) is 2. The second-order valence-electron chi connectivity index (χ2n) is 5.41. The summed E-state index contributed by atoms with van der Waals surface area (Å²) < 4.78 is 27.4. The van der Waals surface area contributed by atoms with E-state index in [1.165, 1.54) is 11.3 Å². The van der Waals surface area contributed by atoms with E-state index in [1.54, 1.807) is 12.1 Å². The van der Waals surface area contributed by atoms with Gasteiger partial charge in [0.15, 0.2) is 0 Å². The van der Waals surface area contributed by atoms with E-state index < -0.39 is 18.3 Å². The first-order chi connectivity index (χ1) is 10.4. The van der Waals surface area contributed by atoms with Crippen molar-refractivity contribution in [2.24, 2.45) is 0 Å². The first kappa shape index (κ1) is 15.2. The van der Waals surface area contributed by atoms with Gasteiger partial charge in [-0.25, -0.2) is 13.6 Å². The van der Waals surface area contributed by atoms with Crippen LogP contribution in [0.15, 0.2) is 24.3 Å². The fourth-order valence-electron chi connectivity index (χ4n) is 2.88. The summed E-state index contributed by atoms with van der Waals surface area (Å²) in [6.07, 6.45) is -0.227. The Morgan fingerprint density at radius 3 is 2.77 bits per heavy atom. The monoisotopic (exact) mass is 318 g/mol. The molecule has 0 fully saturated rings. The van der Waals surface area contributed by atoms with Gasteiger partial charge in [0.2, 0.25) is 0 Å². The van der Waals surface area contributed by atoms with Gasteiger partial charge in [0.1, 0.15) is 0 Å². The molecule has 0 saturated carbocycles. The van der Waals surface area contributed by atoms with Gasteiger partial charge in [-0.3, -0.25) is 0 Å². The molecule has 1 aliphatic carbocycles. The second kappa shape index (κ2) is 5.50. The average Bonchev–Trinajstić information content (AvgIpc) is 2.84. The maximum Gasteiger partial charge on any atom is 0.337 e. The van der Waals surface area contributed by atoms with Crippen molar-refractivity contribution in [2.45, 2.75) is 31.5 Å². The van der Waals surface area contributed by atoms with Crippen molar-refractivity contribution >= 4 is 25.2 Å². The molecule has 3 rings (SSSR count). The van der Waals surface area contributed by atoms with Crippen molar-refractivity contribution in [1.29, 1.82) is 0 Å². The summed E-state index contributed by atoms with van der Waals surface area (Å²) in [5.41, 5.74) is 1.84. The highest BCUT2D eigenvalue weighted by molar-refractivity contribution is 7.16. The molecule has 2 radical (unpaired) electrons. The smallest absolute Gasteiger partial charge is 0.337 e. The Kier molecular flexibility index (Phi) is 3.81. The largest absolute Gasteiger partial charge is 0.478 e. The summed E-state index contributed by atoms with van der Waals surface area (Å²) >= 11 is 1.30. The van der Waals surface area contributed by atoms with Crippen molar-refractivity contribution in [3.63, 3.8) is 0 Å². The van der Waals surface area contributed by atoms with E-state index >= 15 is 0 Å². The van der Waals surface area contributed by atoms with E-state index in [2.05, 4.69) is 0 Å². The Bertz CT molecular complexity index is 740. The summed E-state index contributed by atoms with van der Waals surface area (Å²) in [7, 11) is 5.72. The third kappa shape index (κ3) is 2.56. The van der Waals surface area contributed by atoms with Crippen molar-refractivity contribution in [3.05, 3.63) is 45.8 Å². The van der Waals surface area contributed by atoms with Crippen LogP contribution in [0.25, 0.3) is 10.4 Å². The molecule has 0 bridgehead atoms. The SMILES string of the molecule is [B]Cc1ccccc1-c1sc2c(c1C(=O)O)CC(F)(F)CC2. The summed E-state index contributed by atoms with van der Waals surface area (Å²) in [5, 5.41) is 9.54. The van der Waals surface area contributed by atoms with Gasteiger partial charge in [-0.2, -0.15) is 0 Å². The lowest BCUT2D eigenvalue weighted by Crippen LogP contribution is -2.26. The number of carbonyl (C=O) groups is 1. The predicted octanol–water partition coefficient (Wildman–Crippen LogP) is 3.91. The minimum atomic E-state index is -2.83. The normalized spacial score (nSPS) is 16.3. The Hall–Kier alpha value is -1.69. The zero-order chi connectivity index (χ0) is 15.9. The lowest BCUT2D eigenvalue weighted by molar-refractivity contribution is -0.0118. The number of rotatable bonds is 3. The molecule has 0 amide bonds. The molecule has 0 aliphatic heterocycles. The maximum absolute atomic E-state index is 13.7. The lowest BCUT2D eigenvalue weighted by Gasteiger charge is -2.21. The first-order valence-corrected chi connectivity index (χ1v) is 7.78. The minimum absolute atomic E-state index is 0.0141. The van der Waals surface area contributed by atoms with Crippen molar-refractivity contribution in [2.75, 3.05) is 0 Å². The van der Waals surface area contributed by atoms with Crippen LogP contribution in [0.1, 0.15) is 32.8 Å². The quantitative estimate of drug-likeness (QED) is 0.871. The maximum atomic E-state index is 13.7. The molecule has 1 aromatic heterocycles. The molecular weight excluding hydrogens is 305 g/mol. The third-order valence-corrected chi connectivity index (χ3v) is 5.26. The number of thiophene rings is 1. The van der Waals surface area contributed by atoms with Crippen LogP contribution in [0, 0.1) is 0 Å². The molecule has 2 nitrogen and oxygen atoms in total. The van der Waals surface area contributed by atoms with Crippen LogP contribution in [0.3, 0.4) is 0 Å². The molecule has 1 N–H and O–H groups in total. The minimum Gasteiger partial charge on any atom is -0.478 e. The number of hydrogen-bond donors (Lipinski definition) is 1. The summed E-state index contributed by atoms with van der Waals surface area (Å²) in [4.78, 5) is 13.0. The van der Waals surface area contributed by atoms with Crippen LogP contribution >= 0.6 is 11.3 Å². The van der Waals surface area contributed by atoms with E-state index in [9.17, 15) is 18.7 Å². The first-order valence-electron chi connectivity index (χ1n) is 6.97. The van der Waals surface area contributed by atoms with Crippen molar-refractivity contribution in [1.82, 2.24) is 0 Å². The van der Waals surface area contributed by atoms with E-state index in [1.807, 2.05) is 12.1 Å². The number of carboxylic acid groups (broad SMARTS) is 1. The van der Waals surface area contributed by atoms with Crippen LogP contribution < -0.4 is 0 Å². The molecule has 1 heterocycles. The Morgan fingerprint density at radius 2 is 2.09 bits per heavy atom. The molecule has 6 heteroatoms. The van der Waals surface area contributed by atoms with Gasteiger partial charge in [0.05, 0.1) is 13.4 Å². The zero-order valence-corrected chi connectivity index (χ0v) is 12.6. The van der Waals surface area contributed by atoms with Crippen LogP contribution in [-0.4, -0.2) is 24.8 Å². The predicted molar refractivity (Wildman–Crippen MR) is 83.1 cm³/mol. The zero-order valence-electron chi connectivity index (χ0n) is 11.7. The number of aromatic carboxylic acids is 1. The molecule has 0 atom stereocenters. The van der Waals surface area contributed by atoms with Crippen LogP contribution in [-0.2, 0) is 19.2 Å². The molecule has 0 saturated heterocycles. The molecule has 2 aromatic rings. The van der Waals surface area contributed by atoms with Crippen LogP contribution in [0.5, 0.6) is 0 Å². The molecule has 1 aromatic carbocycles. The summed E-state index contributed by atoms with van der Waals surface area (Å²) in [6.45, 7) is 0. The van der Waals surface area contributed by atoms with Gasteiger partial charge in [-0.15, -0.1) is 11.3 Å². The van der Waals surface area contributed by atoms with E-state index in [-0.39, 0.29) is 30.3 Å². The number of alkyl halides is 2. The molecule has 1 aliphatic rings. The second-order valence-corrected chi connectivity index (χ2v) is 6.51. The molecular formula is C16H13BF2O2S. The molecule has 0 spiro atoms. The van der Waals surface area contributed by atoms with Gasteiger partial charge >= 0.3 is 5.97 Å². The van der Waals surface area contributed by atoms with Crippen LogP contribution in [0.4, 0.5) is 8.78 Å². The molecule has 112 valence electrons. The van der Waals surface area contributed by atoms with E-state index in [4.69, 9.17) is 7.85 Å². The van der Waals surface area contributed by atoms with Gasteiger partial charge in [-0.05, 0) is 23.1 Å². The highest BCUT2D eigenvalue weighted by Crippen LogP contribution is 2.44. The number of carboxylic acids is 1. The Labute approximate surface area is 132 Å². The summed E-state index contributed by atoms with van der Waals surface area (Å²) in [6, 6.07) is 7.25. The molecule has 22 heavy (non-hydrogen) atoms. The van der Waals surface area contributed by atoms with E-state index in [0.717, 1.165) is 16.0 Å².